The lowest BCUT2D eigenvalue weighted by Gasteiger charge is -2.34. The van der Waals surface area contributed by atoms with E-state index in [9.17, 15) is 9.59 Å². The fourth-order valence-corrected chi connectivity index (χ4v) is 2.91. The molecule has 0 aliphatic carbocycles. The molecule has 1 aliphatic heterocycles. The Hall–Kier alpha value is -2.87. The van der Waals surface area contributed by atoms with Gasteiger partial charge in [-0.1, -0.05) is 17.3 Å². The van der Waals surface area contributed by atoms with Gasteiger partial charge in [-0.25, -0.2) is 0 Å². The Morgan fingerprint density at radius 3 is 2.63 bits per heavy atom. The maximum absolute atomic E-state index is 12.3. The maximum Gasteiger partial charge on any atom is 0.260 e. The van der Waals surface area contributed by atoms with E-state index in [4.69, 9.17) is 9.26 Å². The summed E-state index contributed by atoms with van der Waals surface area (Å²) >= 11 is 0. The summed E-state index contributed by atoms with van der Waals surface area (Å²) in [5, 5.41) is 6.44. The third kappa shape index (κ3) is 5.55. The second-order valence-electron chi connectivity index (χ2n) is 6.63. The summed E-state index contributed by atoms with van der Waals surface area (Å²) in [6.45, 7) is 6.46. The van der Waals surface area contributed by atoms with E-state index < -0.39 is 0 Å². The molecule has 1 N–H and O–H groups in total. The number of hydrogen-bond acceptors (Lipinski definition) is 6. The first-order valence-corrected chi connectivity index (χ1v) is 8.92. The van der Waals surface area contributed by atoms with E-state index in [1.807, 2.05) is 36.1 Å². The largest absolute Gasteiger partial charge is 0.484 e. The monoisotopic (exact) mass is 372 g/mol. The Kier molecular flexibility index (Phi) is 6.08. The second-order valence-corrected chi connectivity index (χ2v) is 6.63. The minimum Gasteiger partial charge on any atom is -0.484 e. The number of aryl methyl sites for hydroxylation is 2. The van der Waals surface area contributed by atoms with E-state index in [2.05, 4.69) is 10.5 Å². The van der Waals surface area contributed by atoms with Crippen LogP contribution in [0.15, 0.2) is 34.9 Å². The molecule has 1 saturated heterocycles. The Bertz CT molecular complexity index is 797. The SMILES string of the molecule is Cc1cccc(OCC(=O)N2CCN(CC(=O)Nc3cc(C)on3)CC2)c1. The van der Waals surface area contributed by atoms with E-state index in [-0.39, 0.29) is 25.0 Å². The number of hydrogen-bond donors (Lipinski definition) is 1. The van der Waals surface area contributed by atoms with Gasteiger partial charge in [-0.3, -0.25) is 14.5 Å². The highest BCUT2D eigenvalue weighted by Gasteiger charge is 2.23. The molecule has 8 nitrogen and oxygen atoms in total. The van der Waals surface area contributed by atoms with Crippen molar-refractivity contribution >= 4 is 17.6 Å². The van der Waals surface area contributed by atoms with E-state index in [0.29, 0.717) is 43.5 Å². The fourth-order valence-electron chi connectivity index (χ4n) is 2.91. The molecule has 1 aromatic carbocycles. The van der Waals surface area contributed by atoms with E-state index in [1.165, 1.54) is 0 Å². The quantitative estimate of drug-likeness (QED) is 0.826. The van der Waals surface area contributed by atoms with Crippen molar-refractivity contribution in [2.45, 2.75) is 13.8 Å². The average Bonchev–Trinajstić information content (AvgIpc) is 3.05. The molecular formula is C19H24N4O4. The minimum absolute atomic E-state index is 0.0233. The number of piperazine rings is 1. The molecule has 0 radical (unpaired) electrons. The molecule has 0 atom stereocenters. The molecule has 1 fully saturated rings. The third-order valence-corrected chi connectivity index (χ3v) is 4.34. The number of carbonyl (C=O) groups excluding carboxylic acids is 2. The predicted molar refractivity (Wildman–Crippen MR) is 99.6 cm³/mol. The molecule has 0 saturated carbocycles. The zero-order valence-corrected chi connectivity index (χ0v) is 15.6. The number of aromatic nitrogens is 1. The number of rotatable bonds is 6. The Balaban J connectivity index is 1.39. The molecule has 0 spiro atoms. The summed E-state index contributed by atoms with van der Waals surface area (Å²) in [6, 6.07) is 9.29. The molecule has 27 heavy (non-hydrogen) atoms. The molecule has 2 amide bonds. The van der Waals surface area contributed by atoms with Gasteiger partial charge in [0.15, 0.2) is 12.4 Å². The van der Waals surface area contributed by atoms with Crippen LogP contribution in [0.5, 0.6) is 5.75 Å². The topological polar surface area (TPSA) is 87.9 Å². The van der Waals surface area contributed by atoms with E-state index >= 15 is 0 Å². The van der Waals surface area contributed by atoms with Gasteiger partial charge in [0.1, 0.15) is 11.5 Å². The molecule has 2 aromatic rings. The van der Waals surface area contributed by atoms with Crippen LogP contribution in [0.4, 0.5) is 5.82 Å². The van der Waals surface area contributed by atoms with Gasteiger partial charge in [0.2, 0.25) is 5.91 Å². The number of benzene rings is 1. The molecule has 0 unspecified atom stereocenters. The van der Waals surface area contributed by atoms with Crippen molar-refractivity contribution in [2.75, 3.05) is 44.6 Å². The van der Waals surface area contributed by atoms with Crippen LogP contribution in [0, 0.1) is 13.8 Å². The lowest BCUT2D eigenvalue weighted by Crippen LogP contribution is -2.51. The summed E-state index contributed by atoms with van der Waals surface area (Å²) in [7, 11) is 0. The van der Waals surface area contributed by atoms with Crippen molar-refractivity contribution in [1.82, 2.24) is 15.0 Å². The summed E-state index contributed by atoms with van der Waals surface area (Å²) in [6.07, 6.45) is 0. The maximum atomic E-state index is 12.3. The number of anilines is 1. The van der Waals surface area contributed by atoms with E-state index in [0.717, 1.165) is 5.56 Å². The highest BCUT2D eigenvalue weighted by molar-refractivity contribution is 5.91. The van der Waals surface area contributed by atoms with Gasteiger partial charge in [-0.05, 0) is 31.5 Å². The van der Waals surface area contributed by atoms with Crippen LogP contribution < -0.4 is 10.1 Å². The highest BCUT2D eigenvalue weighted by atomic mass is 16.5. The zero-order valence-electron chi connectivity index (χ0n) is 15.6. The summed E-state index contributed by atoms with van der Waals surface area (Å²) in [5.74, 6) is 1.57. The Morgan fingerprint density at radius 2 is 1.96 bits per heavy atom. The van der Waals surface area contributed by atoms with Crippen molar-refractivity contribution in [1.29, 1.82) is 0 Å². The number of carbonyl (C=O) groups is 2. The van der Waals surface area contributed by atoms with Crippen molar-refractivity contribution in [2.24, 2.45) is 0 Å². The van der Waals surface area contributed by atoms with Crippen LogP contribution >= 0.6 is 0 Å². The van der Waals surface area contributed by atoms with Crippen LogP contribution in [0.25, 0.3) is 0 Å². The standard InChI is InChI=1S/C19H24N4O4/c1-14-4-3-5-16(10-14)26-13-19(25)23-8-6-22(7-9-23)12-18(24)20-17-11-15(2)27-21-17/h3-5,10-11H,6-9,12-13H2,1-2H3,(H,20,21,24). The van der Waals surface area contributed by atoms with Gasteiger partial charge < -0.3 is 19.5 Å². The van der Waals surface area contributed by atoms with Gasteiger partial charge in [-0.15, -0.1) is 0 Å². The molecular weight excluding hydrogens is 348 g/mol. The molecule has 8 heteroatoms. The zero-order chi connectivity index (χ0) is 19.2. The molecule has 2 heterocycles. The van der Waals surface area contributed by atoms with Gasteiger partial charge in [-0.2, -0.15) is 0 Å². The first-order valence-electron chi connectivity index (χ1n) is 8.92. The van der Waals surface area contributed by atoms with Crippen LogP contribution in [0.2, 0.25) is 0 Å². The number of nitrogens with one attached hydrogen (secondary N) is 1. The molecule has 3 rings (SSSR count). The number of nitrogens with zero attached hydrogens (tertiary/aromatic N) is 3. The lowest BCUT2D eigenvalue weighted by molar-refractivity contribution is -0.135. The predicted octanol–water partition coefficient (Wildman–Crippen LogP) is 1.45. The minimum atomic E-state index is -0.147. The van der Waals surface area contributed by atoms with E-state index in [1.54, 1.807) is 17.9 Å². The molecule has 1 aliphatic rings. The van der Waals surface area contributed by atoms with Crippen molar-refractivity contribution in [3.63, 3.8) is 0 Å². The third-order valence-electron chi connectivity index (χ3n) is 4.34. The fraction of sp³-hybridized carbons (Fsp3) is 0.421. The summed E-state index contributed by atoms with van der Waals surface area (Å²) < 4.78 is 10.5. The Morgan fingerprint density at radius 1 is 1.19 bits per heavy atom. The Labute approximate surface area is 158 Å². The van der Waals surface area contributed by atoms with Crippen LogP contribution in [-0.2, 0) is 9.59 Å². The summed E-state index contributed by atoms with van der Waals surface area (Å²) in [5.41, 5.74) is 1.09. The van der Waals surface area contributed by atoms with Crippen molar-refractivity contribution in [3.05, 3.63) is 41.7 Å². The van der Waals surface area contributed by atoms with Gasteiger partial charge in [0.05, 0.1) is 6.54 Å². The first-order chi connectivity index (χ1) is 13.0. The number of amides is 2. The van der Waals surface area contributed by atoms with Gasteiger partial charge >= 0.3 is 0 Å². The second kappa shape index (κ2) is 8.68. The van der Waals surface area contributed by atoms with Crippen LogP contribution in [0.3, 0.4) is 0 Å². The van der Waals surface area contributed by atoms with Gasteiger partial charge in [0.25, 0.3) is 5.91 Å². The molecule has 144 valence electrons. The molecule has 0 bridgehead atoms. The van der Waals surface area contributed by atoms with Crippen molar-refractivity contribution < 1.29 is 18.8 Å². The summed E-state index contributed by atoms with van der Waals surface area (Å²) in [4.78, 5) is 28.1. The normalized spacial score (nSPS) is 14.8. The molecule has 1 aromatic heterocycles. The van der Waals surface area contributed by atoms with Crippen LogP contribution in [0.1, 0.15) is 11.3 Å². The first kappa shape index (κ1) is 18.9. The van der Waals surface area contributed by atoms with Crippen molar-refractivity contribution in [3.8, 4) is 5.75 Å². The highest BCUT2D eigenvalue weighted by Crippen LogP contribution is 2.13. The smallest absolute Gasteiger partial charge is 0.260 e. The van der Waals surface area contributed by atoms with Gasteiger partial charge in [0, 0.05) is 32.2 Å². The average molecular weight is 372 g/mol. The van der Waals surface area contributed by atoms with Crippen LogP contribution in [-0.4, -0.2) is 66.1 Å². The lowest BCUT2D eigenvalue weighted by atomic mass is 10.2. The number of ether oxygens (including phenoxy) is 1.